The molecule has 30 heavy (non-hydrogen) atoms. The summed E-state index contributed by atoms with van der Waals surface area (Å²) in [4.78, 5) is 31.2. The van der Waals surface area contributed by atoms with Crippen LogP contribution in [0, 0.1) is 5.41 Å². The zero-order valence-electron chi connectivity index (χ0n) is 16.8. The highest BCUT2D eigenvalue weighted by molar-refractivity contribution is 7.03. The third kappa shape index (κ3) is 3.69. The Hall–Kier alpha value is -2.80. The van der Waals surface area contributed by atoms with Crippen molar-refractivity contribution in [2.24, 2.45) is 5.41 Å². The molecule has 0 radical (unpaired) electrons. The fraction of sp³-hybridized carbons (Fsp3) is 0.391. The van der Waals surface area contributed by atoms with Crippen LogP contribution in [0.3, 0.4) is 0 Å². The summed E-state index contributed by atoms with van der Waals surface area (Å²) >= 11 is 1.46. The monoisotopic (exact) mass is 420 g/mol. The van der Waals surface area contributed by atoms with Crippen LogP contribution in [0.25, 0.3) is 12.2 Å². The number of amides is 2. The lowest BCUT2D eigenvalue weighted by atomic mass is 9.63. The predicted octanol–water partition coefficient (Wildman–Crippen LogP) is 3.92. The molecule has 1 spiro atoms. The molecule has 0 unspecified atom stereocenters. The molecule has 1 saturated heterocycles. The average Bonchev–Trinajstić information content (AvgIpc) is 3.24. The van der Waals surface area contributed by atoms with E-state index in [1.165, 1.54) is 17.1 Å². The Kier molecular flexibility index (Phi) is 4.98. The Labute approximate surface area is 179 Å². The van der Waals surface area contributed by atoms with Gasteiger partial charge in [-0.15, -0.1) is 0 Å². The first-order valence-electron chi connectivity index (χ1n) is 10.5. The quantitative estimate of drug-likeness (QED) is 0.764. The molecule has 1 N–H and O–H groups in total. The van der Waals surface area contributed by atoms with E-state index < -0.39 is 0 Å². The van der Waals surface area contributed by atoms with E-state index in [-0.39, 0.29) is 17.2 Å². The number of carbonyl (C=O) groups excluding carboxylic acids is 2. The molecular formula is C23H24N4O2S. The summed E-state index contributed by atoms with van der Waals surface area (Å²) in [5, 5.41) is 4.94. The van der Waals surface area contributed by atoms with Crippen LogP contribution < -0.4 is 5.32 Å². The van der Waals surface area contributed by atoms with Crippen molar-refractivity contribution in [2.45, 2.75) is 38.5 Å². The number of carbonyl (C=O) groups is 2. The molecule has 2 aliphatic heterocycles. The van der Waals surface area contributed by atoms with Crippen LogP contribution in [0.1, 0.15) is 48.9 Å². The Balaban J connectivity index is 1.21. The number of anilines is 1. The number of hydrogen-bond acceptors (Lipinski definition) is 5. The Morgan fingerprint density at radius 2 is 2.10 bits per heavy atom. The van der Waals surface area contributed by atoms with Crippen LogP contribution >= 0.6 is 11.5 Å². The van der Waals surface area contributed by atoms with Crippen LogP contribution in [0.5, 0.6) is 0 Å². The van der Waals surface area contributed by atoms with Gasteiger partial charge >= 0.3 is 0 Å². The zero-order chi connectivity index (χ0) is 20.6. The summed E-state index contributed by atoms with van der Waals surface area (Å²) in [6, 6.07) is 4.07. The number of pyridine rings is 1. The standard InChI is InChI=1S/C23H24N4O2S/c28-20(27-9-4-16(5-10-27)13-19-6-11-30-26-19)3-2-17-12-18-14-23(7-1-8-23)22(29)25-21(18)24-15-17/h2-3,6,11-13,15H,1,4-5,7-10,14H2,(H,24,25,29)/b3-2+. The van der Waals surface area contributed by atoms with Gasteiger partial charge in [0, 0.05) is 30.7 Å². The minimum absolute atomic E-state index is 0.0317. The van der Waals surface area contributed by atoms with Gasteiger partial charge in [0.05, 0.1) is 11.1 Å². The minimum atomic E-state index is -0.232. The number of fused-ring (bicyclic) bond motifs is 1. The van der Waals surface area contributed by atoms with E-state index in [9.17, 15) is 9.59 Å². The summed E-state index contributed by atoms with van der Waals surface area (Å²) in [6.45, 7) is 1.46. The van der Waals surface area contributed by atoms with Gasteiger partial charge in [-0.1, -0.05) is 12.0 Å². The molecule has 154 valence electrons. The predicted molar refractivity (Wildman–Crippen MR) is 118 cm³/mol. The van der Waals surface area contributed by atoms with Crippen molar-refractivity contribution in [3.05, 3.63) is 52.2 Å². The van der Waals surface area contributed by atoms with E-state index in [0.29, 0.717) is 5.82 Å². The van der Waals surface area contributed by atoms with Gasteiger partial charge in [0.1, 0.15) is 5.82 Å². The molecule has 2 aromatic heterocycles. The number of aromatic nitrogens is 2. The third-order valence-corrected chi connectivity index (χ3v) is 7.06. The van der Waals surface area contributed by atoms with Gasteiger partial charge in [-0.25, -0.2) is 4.98 Å². The molecule has 0 bridgehead atoms. The molecule has 2 amide bonds. The lowest BCUT2D eigenvalue weighted by molar-refractivity contribution is -0.130. The SMILES string of the molecule is O=C(/C=C/c1cnc2c(c1)CC1(CCC1)C(=O)N2)N1CCC(=Cc2ccsn2)CC1. The van der Waals surface area contributed by atoms with Crippen LogP contribution in [0.2, 0.25) is 0 Å². The van der Waals surface area contributed by atoms with Gasteiger partial charge in [-0.3, -0.25) is 9.59 Å². The molecule has 1 aliphatic carbocycles. The third-order valence-electron chi connectivity index (χ3n) is 6.49. The molecule has 6 nitrogen and oxygen atoms in total. The van der Waals surface area contributed by atoms with Crippen molar-refractivity contribution < 1.29 is 9.59 Å². The van der Waals surface area contributed by atoms with Crippen molar-refractivity contribution in [1.82, 2.24) is 14.3 Å². The number of nitrogens with one attached hydrogen (secondary N) is 1. The smallest absolute Gasteiger partial charge is 0.246 e. The average molecular weight is 421 g/mol. The van der Waals surface area contributed by atoms with Crippen molar-refractivity contribution in [3.8, 4) is 0 Å². The van der Waals surface area contributed by atoms with Crippen molar-refractivity contribution in [1.29, 1.82) is 0 Å². The second-order valence-electron chi connectivity index (χ2n) is 8.43. The summed E-state index contributed by atoms with van der Waals surface area (Å²) in [6.07, 6.45) is 12.9. The molecule has 2 aromatic rings. The maximum absolute atomic E-state index is 12.6. The minimum Gasteiger partial charge on any atom is -0.339 e. The van der Waals surface area contributed by atoms with Crippen LogP contribution in [0.15, 0.2) is 35.4 Å². The van der Waals surface area contributed by atoms with Crippen LogP contribution in [0.4, 0.5) is 5.82 Å². The molecule has 1 saturated carbocycles. The highest BCUT2D eigenvalue weighted by atomic mass is 32.1. The Morgan fingerprint density at radius 1 is 1.27 bits per heavy atom. The van der Waals surface area contributed by atoms with Crippen LogP contribution in [-0.2, 0) is 16.0 Å². The van der Waals surface area contributed by atoms with E-state index in [1.54, 1.807) is 12.3 Å². The van der Waals surface area contributed by atoms with E-state index in [0.717, 1.165) is 68.4 Å². The number of likely N-dealkylation sites (tertiary alicyclic amines) is 1. The van der Waals surface area contributed by atoms with E-state index in [4.69, 9.17) is 0 Å². The summed E-state index contributed by atoms with van der Waals surface area (Å²) < 4.78 is 4.32. The summed E-state index contributed by atoms with van der Waals surface area (Å²) in [5.74, 6) is 0.807. The van der Waals surface area contributed by atoms with Gasteiger partial charge in [-0.05, 0) is 79.0 Å². The topological polar surface area (TPSA) is 75.2 Å². The fourth-order valence-corrected chi connectivity index (χ4v) is 4.99. The van der Waals surface area contributed by atoms with E-state index in [2.05, 4.69) is 26.8 Å². The highest BCUT2D eigenvalue weighted by Gasteiger charge is 2.47. The summed E-state index contributed by atoms with van der Waals surface area (Å²) in [5.41, 5.74) is 4.09. The van der Waals surface area contributed by atoms with Gasteiger partial charge in [0.15, 0.2) is 0 Å². The fourth-order valence-electron chi connectivity index (χ4n) is 4.50. The van der Waals surface area contributed by atoms with E-state index in [1.807, 2.05) is 22.4 Å². The van der Waals surface area contributed by atoms with Crippen molar-refractivity contribution >= 4 is 41.3 Å². The second-order valence-corrected chi connectivity index (χ2v) is 9.09. The summed E-state index contributed by atoms with van der Waals surface area (Å²) in [7, 11) is 0. The Bertz CT molecular complexity index is 1030. The molecule has 7 heteroatoms. The number of rotatable bonds is 3. The molecular weight excluding hydrogens is 396 g/mol. The second kappa shape index (κ2) is 7.80. The van der Waals surface area contributed by atoms with Crippen LogP contribution in [-0.4, -0.2) is 39.2 Å². The largest absolute Gasteiger partial charge is 0.339 e. The lowest BCUT2D eigenvalue weighted by Crippen LogP contribution is -2.46. The van der Waals surface area contributed by atoms with Gasteiger partial charge in [0.2, 0.25) is 11.8 Å². The van der Waals surface area contributed by atoms with Gasteiger partial charge in [0.25, 0.3) is 0 Å². The zero-order valence-corrected chi connectivity index (χ0v) is 17.6. The molecule has 3 aliphatic rings. The first-order valence-corrected chi connectivity index (χ1v) is 11.3. The highest BCUT2D eigenvalue weighted by Crippen LogP contribution is 2.47. The van der Waals surface area contributed by atoms with Crippen molar-refractivity contribution in [3.63, 3.8) is 0 Å². The molecule has 0 atom stereocenters. The first kappa shape index (κ1) is 19.2. The molecule has 4 heterocycles. The first-order chi connectivity index (χ1) is 14.6. The molecule has 5 rings (SSSR count). The van der Waals surface area contributed by atoms with Crippen molar-refractivity contribution in [2.75, 3.05) is 18.4 Å². The number of nitrogens with zero attached hydrogens (tertiary/aromatic N) is 3. The van der Waals surface area contributed by atoms with Gasteiger partial charge in [-0.2, -0.15) is 4.37 Å². The van der Waals surface area contributed by atoms with E-state index >= 15 is 0 Å². The maximum Gasteiger partial charge on any atom is 0.246 e. The molecule has 2 fully saturated rings. The number of piperidine rings is 1. The Morgan fingerprint density at radius 3 is 2.80 bits per heavy atom. The van der Waals surface area contributed by atoms with Gasteiger partial charge < -0.3 is 10.2 Å². The maximum atomic E-state index is 12.6. The molecule has 0 aromatic carbocycles. The number of hydrogen-bond donors (Lipinski definition) is 1. The lowest BCUT2D eigenvalue weighted by Gasteiger charge is -2.43. The normalized spacial score (nSPS) is 20.1.